The third-order valence-corrected chi connectivity index (χ3v) is 6.42. The first-order valence-electron chi connectivity index (χ1n) is 10.8. The number of hydrogen-bond donors (Lipinski definition) is 0. The van der Waals surface area contributed by atoms with E-state index in [1.807, 2.05) is 32.4 Å². The Kier molecular flexibility index (Phi) is 7.00. The van der Waals surface area contributed by atoms with E-state index in [0.29, 0.717) is 26.2 Å². The number of likely N-dealkylation sites (tertiary alicyclic amines) is 2. The molecule has 10 heteroatoms. The fourth-order valence-electron chi connectivity index (χ4n) is 4.56. The fraction of sp³-hybridized carbons (Fsp3) is 0.762. The lowest BCUT2D eigenvalue weighted by Crippen LogP contribution is -2.64. The minimum atomic E-state index is -2.92. The first-order chi connectivity index (χ1) is 14.6. The van der Waals surface area contributed by atoms with Crippen molar-refractivity contribution in [1.82, 2.24) is 24.5 Å². The molecule has 3 heterocycles. The molecule has 0 radical (unpaired) electrons. The second-order valence-corrected chi connectivity index (χ2v) is 8.45. The van der Waals surface area contributed by atoms with E-state index in [2.05, 4.69) is 5.10 Å². The number of halogens is 2. The van der Waals surface area contributed by atoms with E-state index in [4.69, 9.17) is 4.74 Å². The molecular weight excluding hydrogens is 408 g/mol. The van der Waals surface area contributed by atoms with E-state index in [1.165, 1.54) is 7.11 Å². The van der Waals surface area contributed by atoms with Gasteiger partial charge in [-0.3, -0.25) is 19.2 Å². The number of hydrogen-bond acceptors (Lipinski definition) is 5. The smallest absolute Gasteiger partial charge is 0.262 e. The van der Waals surface area contributed by atoms with E-state index in [-0.39, 0.29) is 24.5 Å². The zero-order valence-corrected chi connectivity index (χ0v) is 19.0. The van der Waals surface area contributed by atoms with Gasteiger partial charge in [0.15, 0.2) is 0 Å². The predicted molar refractivity (Wildman–Crippen MR) is 111 cm³/mol. The van der Waals surface area contributed by atoms with Crippen LogP contribution in [-0.4, -0.2) is 94.2 Å². The van der Waals surface area contributed by atoms with E-state index in [0.717, 1.165) is 23.5 Å². The van der Waals surface area contributed by atoms with Crippen LogP contribution in [0.15, 0.2) is 0 Å². The third kappa shape index (κ3) is 4.74. The van der Waals surface area contributed by atoms with Crippen molar-refractivity contribution in [3.8, 4) is 0 Å². The van der Waals surface area contributed by atoms with Gasteiger partial charge in [-0.15, -0.1) is 0 Å². The minimum absolute atomic E-state index is 0.0288. The Bertz CT molecular complexity index is 822. The lowest BCUT2D eigenvalue weighted by Gasteiger charge is -2.46. The van der Waals surface area contributed by atoms with E-state index in [9.17, 15) is 18.4 Å². The number of likely N-dealkylation sites (N-methyl/N-ethyl adjacent to an activating group) is 1. The quantitative estimate of drug-likeness (QED) is 0.611. The van der Waals surface area contributed by atoms with Gasteiger partial charge in [-0.2, -0.15) is 5.10 Å². The maximum atomic E-state index is 14.3. The first kappa shape index (κ1) is 23.6. The van der Waals surface area contributed by atoms with Crippen LogP contribution < -0.4 is 0 Å². The molecule has 0 N–H and O–H groups in total. The molecule has 0 aliphatic carbocycles. The second kappa shape index (κ2) is 9.20. The highest BCUT2D eigenvalue weighted by Gasteiger charge is 2.53. The highest BCUT2D eigenvalue weighted by Crippen LogP contribution is 2.36. The van der Waals surface area contributed by atoms with Gasteiger partial charge in [-0.1, -0.05) is 0 Å². The number of aryl methyl sites for hydroxylation is 2. The first-order valence-corrected chi connectivity index (χ1v) is 10.8. The Balaban J connectivity index is 1.73. The molecule has 2 amide bonds. The molecule has 0 bridgehead atoms. The van der Waals surface area contributed by atoms with Crippen molar-refractivity contribution in [3.63, 3.8) is 0 Å². The summed E-state index contributed by atoms with van der Waals surface area (Å²) in [4.78, 5) is 30.1. The van der Waals surface area contributed by atoms with Crippen molar-refractivity contribution in [3.05, 3.63) is 17.0 Å². The average Bonchev–Trinajstić information content (AvgIpc) is 3.13. The number of methoxy groups -OCH3 is 1. The largest absolute Gasteiger partial charge is 0.375 e. The number of rotatable bonds is 8. The number of ether oxygens (including phenoxy) is 1. The van der Waals surface area contributed by atoms with E-state index in [1.54, 1.807) is 14.7 Å². The molecule has 2 saturated heterocycles. The van der Waals surface area contributed by atoms with Crippen LogP contribution in [0.1, 0.15) is 37.2 Å². The van der Waals surface area contributed by atoms with Crippen molar-refractivity contribution < 1.29 is 23.1 Å². The van der Waals surface area contributed by atoms with Crippen molar-refractivity contribution in [1.29, 1.82) is 0 Å². The van der Waals surface area contributed by atoms with Crippen LogP contribution in [0.3, 0.4) is 0 Å². The summed E-state index contributed by atoms with van der Waals surface area (Å²) >= 11 is 0. The van der Waals surface area contributed by atoms with Crippen LogP contribution in [0.5, 0.6) is 0 Å². The lowest BCUT2D eigenvalue weighted by molar-refractivity contribution is -0.145. The molecule has 3 rings (SSSR count). The van der Waals surface area contributed by atoms with Gasteiger partial charge in [0.05, 0.1) is 18.3 Å². The van der Waals surface area contributed by atoms with Gasteiger partial charge in [-0.25, -0.2) is 8.78 Å². The molecule has 1 aromatic heterocycles. The number of carbonyl (C=O) groups excluding carboxylic acids is 2. The zero-order valence-electron chi connectivity index (χ0n) is 19.0. The Morgan fingerprint density at radius 1 is 1.26 bits per heavy atom. The molecule has 0 saturated carbocycles. The summed E-state index contributed by atoms with van der Waals surface area (Å²) in [5.41, 5.74) is 2.81. The predicted octanol–water partition coefficient (Wildman–Crippen LogP) is 1.44. The number of carbonyl (C=O) groups is 2. The van der Waals surface area contributed by atoms with Crippen LogP contribution >= 0.6 is 0 Å². The molecule has 174 valence electrons. The molecule has 0 unspecified atom stereocenters. The van der Waals surface area contributed by atoms with Crippen LogP contribution in [0.25, 0.3) is 0 Å². The van der Waals surface area contributed by atoms with Crippen molar-refractivity contribution in [2.75, 3.05) is 39.9 Å². The summed E-state index contributed by atoms with van der Waals surface area (Å²) in [7, 11) is 1.44. The van der Waals surface area contributed by atoms with Gasteiger partial charge in [0.1, 0.15) is 6.61 Å². The van der Waals surface area contributed by atoms with Gasteiger partial charge in [0, 0.05) is 63.6 Å². The lowest BCUT2D eigenvalue weighted by atomic mass is 10.0. The fourth-order valence-corrected chi connectivity index (χ4v) is 4.56. The molecule has 2 aliphatic rings. The van der Waals surface area contributed by atoms with Crippen LogP contribution in [0.2, 0.25) is 0 Å². The topological polar surface area (TPSA) is 70.9 Å². The Labute approximate surface area is 182 Å². The summed E-state index contributed by atoms with van der Waals surface area (Å²) in [6, 6.07) is -1.13. The summed E-state index contributed by atoms with van der Waals surface area (Å²) in [6.45, 7) is 9.45. The molecule has 0 aromatic carbocycles. The standard InChI is InChI=1S/C21H33F2N5O3/c1-6-25(11-17-14(3)24-28(7-2)15(17)4)20(30)18-8-21(22,23)13-27(18)16-9-26(10-16)19(29)12-31-5/h16,18H,6-13H2,1-5H3/t18-/m0/s1. The maximum absolute atomic E-state index is 14.3. The minimum Gasteiger partial charge on any atom is -0.375 e. The average molecular weight is 442 g/mol. The van der Waals surface area contributed by atoms with Gasteiger partial charge in [0.2, 0.25) is 11.8 Å². The highest BCUT2D eigenvalue weighted by molar-refractivity contribution is 5.83. The zero-order chi connectivity index (χ0) is 22.9. The van der Waals surface area contributed by atoms with E-state index < -0.39 is 24.9 Å². The number of amides is 2. The van der Waals surface area contributed by atoms with Crippen LogP contribution in [0, 0.1) is 13.8 Å². The third-order valence-electron chi connectivity index (χ3n) is 6.42. The summed E-state index contributed by atoms with van der Waals surface area (Å²) in [6.07, 6.45) is -0.489. The van der Waals surface area contributed by atoms with Crippen molar-refractivity contribution in [2.24, 2.45) is 0 Å². The van der Waals surface area contributed by atoms with Crippen molar-refractivity contribution in [2.45, 2.75) is 65.2 Å². The number of alkyl halides is 2. The summed E-state index contributed by atoms with van der Waals surface area (Å²) in [5.74, 6) is -3.37. The van der Waals surface area contributed by atoms with Gasteiger partial charge in [0.25, 0.3) is 5.92 Å². The van der Waals surface area contributed by atoms with Gasteiger partial charge < -0.3 is 14.5 Å². The SMILES string of the molecule is CCN(Cc1c(C)nn(CC)c1C)C(=O)[C@@H]1CC(F)(F)CN1C1CN(C(=O)COC)C1. The van der Waals surface area contributed by atoms with Crippen molar-refractivity contribution >= 4 is 11.8 Å². The van der Waals surface area contributed by atoms with Gasteiger partial charge >= 0.3 is 0 Å². The monoisotopic (exact) mass is 441 g/mol. The molecule has 8 nitrogen and oxygen atoms in total. The van der Waals surface area contributed by atoms with Crippen LogP contribution in [-0.2, 0) is 27.4 Å². The molecule has 1 aromatic rings. The van der Waals surface area contributed by atoms with E-state index >= 15 is 0 Å². The molecule has 0 spiro atoms. The molecule has 2 aliphatic heterocycles. The van der Waals surface area contributed by atoms with Crippen LogP contribution in [0.4, 0.5) is 8.78 Å². The summed E-state index contributed by atoms with van der Waals surface area (Å²) < 4.78 is 35.4. The highest BCUT2D eigenvalue weighted by atomic mass is 19.3. The van der Waals surface area contributed by atoms with Gasteiger partial charge in [-0.05, 0) is 27.7 Å². The Morgan fingerprint density at radius 3 is 2.48 bits per heavy atom. The molecule has 1 atom stereocenters. The second-order valence-electron chi connectivity index (χ2n) is 8.45. The number of aromatic nitrogens is 2. The number of nitrogens with zero attached hydrogens (tertiary/aromatic N) is 5. The molecule has 31 heavy (non-hydrogen) atoms. The molecule has 2 fully saturated rings. The Morgan fingerprint density at radius 2 is 1.94 bits per heavy atom. The Hall–Kier alpha value is -2.07. The normalized spacial score (nSPS) is 21.4. The summed E-state index contributed by atoms with van der Waals surface area (Å²) in [5, 5.41) is 4.50. The maximum Gasteiger partial charge on any atom is 0.262 e. The molecular formula is C21H33F2N5O3.